The summed E-state index contributed by atoms with van der Waals surface area (Å²) in [4.78, 5) is 4.76. The molecule has 1 atom stereocenters. The zero-order chi connectivity index (χ0) is 15.3. The van der Waals surface area contributed by atoms with E-state index in [0.717, 1.165) is 38.9 Å². The van der Waals surface area contributed by atoms with Crippen molar-refractivity contribution < 1.29 is 0 Å². The Morgan fingerprint density at radius 1 is 1.29 bits per heavy atom. The van der Waals surface area contributed by atoms with Crippen molar-refractivity contribution in [2.45, 2.75) is 31.7 Å². The summed E-state index contributed by atoms with van der Waals surface area (Å²) in [6.45, 7) is 5.19. The van der Waals surface area contributed by atoms with Gasteiger partial charge in [-0.05, 0) is 38.4 Å². The van der Waals surface area contributed by atoms with Gasteiger partial charge in [0.25, 0.3) is 0 Å². The van der Waals surface area contributed by atoms with E-state index in [9.17, 15) is 5.26 Å². The largest absolute Gasteiger partial charge is 0.371 e. The van der Waals surface area contributed by atoms with Crippen molar-refractivity contribution in [1.29, 1.82) is 5.26 Å². The van der Waals surface area contributed by atoms with E-state index in [4.69, 9.17) is 0 Å². The molecule has 114 valence electrons. The Labute approximate surface area is 128 Å². The lowest BCUT2D eigenvalue weighted by molar-refractivity contribution is 0.392. The molecule has 1 aliphatic rings. The Morgan fingerprint density at radius 2 is 2.00 bits per heavy atom. The Bertz CT molecular complexity index is 502. The average molecular weight is 286 g/mol. The van der Waals surface area contributed by atoms with Crippen molar-refractivity contribution in [1.82, 2.24) is 5.32 Å². The second kappa shape index (κ2) is 6.82. The van der Waals surface area contributed by atoms with Gasteiger partial charge in [0.15, 0.2) is 0 Å². The van der Waals surface area contributed by atoms with Crippen molar-refractivity contribution in [3.63, 3.8) is 0 Å². The predicted octanol–water partition coefficient (Wildman–Crippen LogP) is 2.61. The molecule has 1 aliphatic heterocycles. The number of benzene rings is 1. The molecule has 2 rings (SSSR count). The molecule has 1 unspecified atom stereocenters. The average Bonchev–Trinajstić information content (AvgIpc) is 2.54. The molecular weight excluding hydrogens is 260 g/mol. The maximum Gasteiger partial charge on any atom is 0.106 e. The zero-order valence-corrected chi connectivity index (χ0v) is 13.4. The SMILES string of the molecule is CCC(C#N)(CCCN1CCN(C)c2ccccc21)NC. The van der Waals surface area contributed by atoms with Crippen LogP contribution in [0.2, 0.25) is 0 Å². The van der Waals surface area contributed by atoms with Crippen LogP contribution < -0.4 is 15.1 Å². The van der Waals surface area contributed by atoms with Crippen molar-refractivity contribution in [2.24, 2.45) is 0 Å². The Morgan fingerprint density at radius 3 is 2.62 bits per heavy atom. The first-order valence-electron chi connectivity index (χ1n) is 7.81. The van der Waals surface area contributed by atoms with E-state index in [1.54, 1.807) is 0 Å². The van der Waals surface area contributed by atoms with E-state index < -0.39 is 0 Å². The van der Waals surface area contributed by atoms with Crippen molar-refractivity contribution >= 4 is 11.4 Å². The van der Waals surface area contributed by atoms with Crippen LogP contribution in [-0.4, -0.2) is 39.3 Å². The molecule has 0 bridgehead atoms. The van der Waals surface area contributed by atoms with Crippen LogP contribution in [0, 0.1) is 11.3 Å². The monoisotopic (exact) mass is 286 g/mol. The van der Waals surface area contributed by atoms with E-state index in [-0.39, 0.29) is 5.54 Å². The molecule has 21 heavy (non-hydrogen) atoms. The summed E-state index contributed by atoms with van der Waals surface area (Å²) < 4.78 is 0. The number of rotatable bonds is 6. The topological polar surface area (TPSA) is 42.3 Å². The van der Waals surface area contributed by atoms with Gasteiger partial charge in [-0.2, -0.15) is 5.26 Å². The summed E-state index contributed by atoms with van der Waals surface area (Å²) in [6, 6.07) is 11.0. The van der Waals surface area contributed by atoms with Gasteiger partial charge in [-0.25, -0.2) is 0 Å². The minimum Gasteiger partial charge on any atom is -0.371 e. The summed E-state index contributed by atoms with van der Waals surface area (Å²) in [5.41, 5.74) is 2.25. The number of fused-ring (bicyclic) bond motifs is 1. The zero-order valence-electron chi connectivity index (χ0n) is 13.4. The highest BCUT2D eigenvalue weighted by molar-refractivity contribution is 5.72. The first-order valence-corrected chi connectivity index (χ1v) is 7.81. The molecule has 0 saturated heterocycles. The standard InChI is InChI=1S/C17H26N4/c1-4-17(14-18,19-2)10-7-11-21-13-12-20(3)15-8-5-6-9-16(15)21/h5-6,8-9,19H,4,7,10-13H2,1-3H3. The fourth-order valence-electron chi connectivity index (χ4n) is 3.04. The summed E-state index contributed by atoms with van der Waals surface area (Å²) in [5, 5.41) is 12.6. The third-order valence-electron chi connectivity index (χ3n) is 4.67. The fraction of sp³-hybridized carbons (Fsp3) is 0.588. The molecule has 0 saturated carbocycles. The van der Waals surface area contributed by atoms with Crippen LogP contribution in [0.3, 0.4) is 0 Å². The van der Waals surface area contributed by atoms with Crippen LogP contribution in [0.5, 0.6) is 0 Å². The van der Waals surface area contributed by atoms with Gasteiger partial charge >= 0.3 is 0 Å². The molecule has 0 aliphatic carbocycles. The maximum absolute atomic E-state index is 9.37. The van der Waals surface area contributed by atoms with E-state index in [2.05, 4.69) is 59.4 Å². The number of hydrogen-bond acceptors (Lipinski definition) is 4. The smallest absolute Gasteiger partial charge is 0.106 e. The highest BCUT2D eigenvalue weighted by Gasteiger charge is 2.26. The number of hydrogen-bond donors (Lipinski definition) is 1. The third kappa shape index (κ3) is 3.30. The van der Waals surface area contributed by atoms with Gasteiger partial charge in [0.1, 0.15) is 5.54 Å². The molecule has 1 heterocycles. The third-order valence-corrected chi connectivity index (χ3v) is 4.67. The van der Waals surface area contributed by atoms with E-state index >= 15 is 0 Å². The maximum atomic E-state index is 9.37. The normalized spacial score (nSPS) is 17.0. The minimum atomic E-state index is -0.369. The molecule has 0 aromatic heterocycles. The van der Waals surface area contributed by atoms with Crippen molar-refractivity contribution in [3.05, 3.63) is 24.3 Å². The van der Waals surface area contributed by atoms with E-state index in [0.29, 0.717) is 0 Å². The van der Waals surface area contributed by atoms with Crippen LogP contribution in [0.4, 0.5) is 11.4 Å². The van der Waals surface area contributed by atoms with E-state index in [1.165, 1.54) is 11.4 Å². The molecule has 4 heteroatoms. The highest BCUT2D eigenvalue weighted by Crippen LogP contribution is 2.32. The van der Waals surface area contributed by atoms with Gasteiger partial charge in [0.2, 0.25) is 0 Å². The van der Waals surface area contributed by atoms with Crippen LogP contribution in [0.1, 0.15) is 26.2 Å². The summed E-state index contributed by atoms with van der Waals surface area (Å²) >= 11 is 0. The number of nitrogens with one attached hydrogen (secondary N) is 1. The number of anilines is 2. The van der Waals surface area contributed by atoms with E-state index in [1.807, 2.05) is 7.05 Å². The second-order valence-corrected chi connectivity index (χ2v) is 5.80. The number of para-hydroxylation sites is 2. The molecule has 0 spiro atoms. The van der Waals surface area contributed by atoms with Gasteiger partial charge in [-0.3, -0.25) is 0 Å². The second-order valence-electron chi connectivity index (χ2n) is 5.80. The lowest BCUT2D eigenvalue weighted by atomic mass is 9.92. The minimum absolute atomic E-state index is 0.369. The van der Waals surface area contributed by atoms with Gasteiger partial charge in [0, 0.05) is 26.7 Å². The summed E-state index contributed by atoms with van der Waals surface area (Å²) in [6.07, 6.45) is 2.77. The molecular formula is C17H26N4. The van der Waals surface area contributed by atoms with Gasteiger partial charge in [0.05, 0.1) is 17.4 Å². The predicted molar refractivity (Wildman–Crippen MR) is 88.9 cm³/mol. The molecule has 0 radical (unpaired) electrons. The van der Waals surface area contributed by atoms with Crippen LogP contribution in [0.25, 0.3) is 0 Å². The first kappa shape index (κ1) is 15.7. The van der Waals surface area contributed by atoms with Crippen LogP contribution in [-0.2, 0) is 0 Å². The molecule has 1 N–H and O–H groups in total. The fourth-order valence-corrected chi connectivity index (χ4v) is 3.04. The molecule has 0 fully saturated rings. The molecule has 1 aromatic rings. The Kier molecular flexibility index (Phi) is 5.08. The lowest BCUT2D eigenvalue weighted by Crippen LogP contribution is -2.43. The van der Waals surface area contributed by atoms with Crippen LogP contribution >= 0.6 is 0 Å². The Hall–Kier alpha value is -1.73. The van der Waals surface area contributed by atoms with Crippen molar-refractivity contribution in [3.8, 4) is 6.07 Å². The number of likely N-dealkylation sites (N-methyl/N-ethyl adjacent to an activating group) is 1. The Balaban J connectivity index is 1.99. The van der Waals surface area contributed by atoms with Gasteiger partial charge in [-0.1, -0.05) is 19.1 Å². The lowest BCUT2D eigenvalue weighted by Gasteiger charge is -2.37. The van der Waals surface area contributed by atoms with Gasteiger partial charge < -0.3 is 15.1 Å². The number of nitriles is 1. The summed E-state index contributed by atoms with van der Waals surface area (Å²) in [7, 11) is 4.03. The quantitative estimate of drug-likeness (QED) is 0.873. The highest BCUT2D eigenvalue weighted by atomic mass is 15.2. The molecule has 4 nitrogen and oxygen atoms in total. The van der Waals surface area contributed by atoms with Gasteiger partial charge in [-0.15, -0.1) is 0 Å². The molecule has 0 amide bonds. The first-order chi connectivity index (χ1) is 10.2. The van der Waals surface area contributed by atoms with Crippen LogP contribution in [0.15, 0.2) is 24.3 Å². The molecule has 1 aromatic carbocycles. The number of nitrogens with zero attached hydrogens (tertiary/aromatic N) is 3. The summed E-state index contributed by atoms with van der Waals surface area (Å²) in [5.74, 6) is 0. The van der Waals surface area contributed by atoms with Crippen molar-refractivity contribution in [2.75, 3.05) is 43.5 Å².